The molecule has 1 fully saturated rings. The van der Waals surface area contributed by atoms with Gasteiger partial charge in [-0.2, -0.15) is 0 Å². The van der Waals surface area contributed by atoms with Gasteiger partial charge in [-0.1, -0.05) is 13.8 Å². The van der Waals surface area contributed by atoms with Crippen molar-refractivity contribution >= 4 is 22.8 Å². The molecule has 1 saturated carbocycles. The molecule has 146 valence electrons. The van der Waals surface area contributed by atoms with Crippen LogP contribution in [0.25, 0.3) is 11.0 Å². The lowest BCUT2D eigenvalue weighted by Gasteiger charge is -2.58. The van der Waals surface area contributed by atoms with Crippen LogP contribution in [0, 0.1) is 19.3 Å². The van der Waals surface area contributed by atoms with Crippen molar-refractivity contribution < 1.29 is 23.8 Å². The minimum atomic E-state index is -1.32. The Morgan fingerprint density at radius 1 is 1.30 bits per heavy atom. The van der Waals surface area contributed by atoms with Crippen LogP contribution >= 0.6 is 0 Å². The number of ether oxygens (including phenoxy) is 1. The summed E-state index contributed by atoms with van der Waals surface area (Å²) in [7, 11) is 0. The van der Waals surface area contributed by atoms with Gasteiger partial charge in [0.2, 0.25) is 5.91 Å². The number of aliphatic carboxylic acids is 1. The van der Waals surface area contributed by atoms with Gasteiger partial charge in [0.25, 0.3) is 0 Å². The molecule has 0 radical (unpaired) electrons. The number of furan rings is 1. The van der Waals surface area contributed by atoms with Gasteiger partial charge in [0.05, 0.1) is 18.8 Å². The van der Waals surface area contributed by atoms with Crippen molar-refractivity contribution in [1.82, 2.24) is 5.32 Å². The first-order valence-electron chi connectivity index (χ1n) is 9.25. The molecule has 0 saturated heterocycles. The number of hydrogen-bond acceptors (Lipinski definition) is 4. The van der Waals surface area contributed by atoms with Crippen molar-refractivity contribution in [1.29, 1.82) is 0 Å². The number of hydrogen-bond donors (Lipinski definition) is 2. The summed E-state index contributed by atoms with van der Waals surface area (Å²) in [5.41, 5.74) is 1.70. The van der Waals surface area contributed by atoms with Crippen LogP contribution in [-0.4, -0.2) is 35.2 Å². The topological polar surface area (TPSA) is 88.8 Å². The second kappa shape index (κ2) is 6.68. The third kappa shape index (κ3) is 3.02. The van der Waals surface area contributed by atoms with Gasteiger partial charge in [-0.25, -0.2) is 4.79 Å². The van der Waals surface area contributed by atoms with Crippen LogP contribution in [0.4, 0.5) is 0 Å². The van der Waals surface area contributed by atoms with Crippen LogP contribution < -0.4 is 5.32 Å². The number of fused-ring (bicyclic) bond motifs is 1. The minimum absolute atomic E-state index is 0.0694. The van der Waals surface area contributed by atoms with Gasteiger partial charge in [0, 0.05) is 29.4 Å². The number of rotatable bonds is 6. The Balaban J connectivity index is 1.81. The number of nitrogens with one attached hydrogen (secondary N) is 1. The second-order valence-corrected chi connectivity index (χ2v) is 8.00. The fraction of sp³-hybridized carbons (Fsp3) is 0.524. The van der Waals surface area contributed by atoms with Gasteiger partial charge in [-0.3, -0.25) is 4.79 Å². The highest BCUT2D eigenvalue weighted by Gasteiger charge is 2.66. The summed E-state index contributed by atoms with van der Waals surface area (Å²) in [6.07, 6.45) is 1.71. The van der Waals surface area contributed by atoms with Gasteiger partial charge < -0.3 is 19.6 Å². The molecule has 1 amide bonds. The van der Waals surface area contributed by atoms with Gasteiger partial charge in [0.15, 0.2) is 0 Å². The second-order valence-electron chi connectivity index (χ2n) is 8.00. The summed E-state index contributed by atoms with van der Waals surface area (Å²) in [5, 5.41) is 13.5. The first-order valence-corrected chi connectivity index (χ1v) is 9.25. The molecule has 6 heteroatoms. The van der Waals surface area contributed by atoms with Gasteiger partial charge in [-0.15, -0.1) is 0 Å². The predicted octanol–water partition coefficient (Wildman–Crippen LogP) is 3.37. The predicted molar refractivity (Wildman–Crippen MR) is 102 cm³/mol. The van der Waals surface area contributed by atoms with E-state index in [0.717, 1.165) is 27.7 Å². The molecule has 0 aliphatic heterocycles. The van der Waals surface area contributed by atoms with E-state index in [4.69, 9.17) is 9.15 Å². The smallest absolute Gasteiger partial charge is 0.330 e. The molecule has 0 spiro atoms. The molecular weight excluding hydrogens is 346 g/mol. The summed E-state index contributed by atoms with van der Waals surface area (Å²) < 4.78 is 11.2. The van der Waals surface area contributed by atoms with Crippen molar-refractivity contribution in [2.24, 2.45) is 5.41 Å². The minimum Gasteiger partial charge on any atom is -0.479 e. The van der Waals surface area contributed by atoms with Gasteiger partial charge in [-0.05, 0) is 44.0 Å². The van der Waals surface area contributed by atoms with Gasteiger partial charge in [0.1, 0.15) is 11.1 Å². The molecule has 6 nitrogen and oxygen atoms in total. The Hall–Kier alpha value is -2.34. The Morgan fingerprint density at radius 3 is 2.56 bits per heavy atom. The maximum absolute atomic E-state index is 12.7. The lowest BCUT2D eigenvalue weighted by atomic mass is 9.54. The van der Waals surface area contributed by atoms with Crippen LogP contribution in [0.2, 0.25) is 0 Å². The van der Waals surface area contributed by atoms with Crippen LogP contribution in [0.3, 0.4) is 0 Å². The fourth-order valence-corrected chi connectivity index (χ4v) is 3.97. The van der Waals surface area contributed by atoms with Crippen molar-refractivity contribution in [2.45, 2.75) is 59.1 Å². The maximum atomic E-state index is 12.7. The highest BCUT2D eigenvalue weighted by atomic mass is 16.5. The lowest BCUT2D eigenvalue weighted by molar-refractivity contribution is -0.194. The van der Waals surface area contributed by atoms with Crippen LogP contribution in [0.15, 0.2) is 22.8 Å². The molecule has 2 unspecified atom stereocenters. The number of carbonyl (C=O) groups is 2. The van der Waals surface area contributed by atoms with E-state index in [2.05, 4.69) is 5.32 Å². The van der Waals surface area contributed by atoms with E-state index in [1.807, 2.05) is 46.8 Å². The molecule has 1 aromatic carbocycles. The quantitative estimate of drug-likeness (QED) is 0.810. The van der Waals surface area contributed by atoms with E-state index in [-0.39, 0.29) is 24.9 Å². The third-order valence-corrected chi connectivity index (χ3v) is 6.10. The summed E-state index contributed by atoms with van der Waals surface area (Å²) in [6.45, 7) is 10.1. The Kier molecular flexibility index (Phi) is 4.80. The highest BCUT2D eigenvalue weighted by Crippen LogP contribution is 2.51. The van der Waals surface area contributed by atoms with E-state index in [1.165, 1.54) is 0 Å². The fourth-order valence-electron chi connectivity index (χ4n) is 3.97. The Morgan fingerprint density at radius 2 is 1.96 bits per heavy atom. The molecular formula is C21H27NO5. The Labute approximate surface area is 158 Å². The summed E-state index contributed by atoms with van der Waals surface area (Å²) in [5.74, 6) is -1.36. The van der Waals surface area contributed by atoms with Gasteiger partial charge >= 0.3 is 5.97 Å². The maximum Gasteiger partial charge on any atom is 0.330 e. The average Bonchev–Trinajstić information content (AvgIpc) is 2.95. The molecule has 27 heavy (non-hydrogen) atoms. The SMILES string of the molecule is CCOC1CC(NC(=O)Cc2coc3cc(C)c(C)cc23)(C(=O)O)C1(C)C. The molecule has 1 heterocycles. The molecule has 2 aromatic rings. The molecule has 2 N–H and O–H groups in total. The molecule has 0 bridgehead atoms. The zero-order valence-corrected chi connectivity index (χ0v) is 16.5. The number of benzene rings is 1. The summed E-state index contributed by atoms with van der Waals surface area (Å²) in [6, 6.07) is 3.95. The monoisotopic (exact) mass is 373 g/mol. The standard InChI is InChI=1S/C21H27NO5/c1-6-26-17-10-21(19(24)25,20(17,4)5)22-18(23)9-14-11-27-16-8-13(3)12(2)7-15(14)16/h7-8,11,17H,6,9-10H2,1-5H3,(H,22,23)(H,24,25). The largest absolute Gasteiger partial charge is 0.479 e. The first-order chi connectivity index (χ1) is 12.6. The van der Waals surface area contributed by atoms with E-state index in [1.54, 1.807) is 6.26 Å². The van der Waals surface area contributed by atoms with E-state index in [0.29, 0.717) is 6.61 Å². The molecule has 2 atom stereocenters. The molecule has 1 aliphatic rings. The molecule has 1 aromatic heterocycles. The third-order valence-electron chi connectivity index (χ3n) is 6.10. The normalized spacial score (nSPS) is 23.8. The number of carboxylic acids is 1. The van der Waals surface area contributed by atoms with Crippen molar-refractivity contribution in [3.63, 3.8) is 0 Å². The summed E-state index contributed by atoms with van der Waals surface area (Å²) >= 11 is 0. The Bertz CT molecular complexity index is 897. The summed E-state index contributed by atoms with van der Waals surface area (Å²) in [4.78, 5) is 24.7. The van der Waals surface area contributed by atoms with Crippen LogP contribution in [0.1, 0.15) is 43.9 Å². The zero-order chi connectivity index (χ0) is 20.0. The van der Waals surface area contributed by atoms with Crippen LogP contribution in [-0.2, 0) is 20.7 Å². The zero-order valence-electron chi connectivity index (χ0n) is 16.5. The van der Waals surface area contributed by atoms with Crippen molar-refractivity contribution in [3.05, 3.63) is 35.1 Å². The van der Waals surface area contributed by atoms with Crippen molar-refractivity contribution in [2.75, 3.05) is 6.61 Å². The van der Waals surface area contributed by atoms with Crippen molar-refractivity contribution in [3.8, 4) is 0 Å². The lowest BCUT2D eigenvalue weighted by Crippen LogP contribution is -2.76. The van der Waals surface area contributed by atoms with E-state index < -0.39 is 16.9 Å². The number of carbonyl (C=O) groups excluding carboxylic acids is 1. The first kappa shape index (κ1) is 19.4. The number of carboxylic acid groups (broad SMARTS) is 1. The van der Waals surface area contributed by atoms with Crippen LogP contribution in [0.5, 0.6) is 0 Å². The number of aryl methyl sites for hydroxylation is 2. The average molecular weight is 373 g/mol. The van der Waals surface area contributed by atoms with E-state index in [9.17, 15) is 14.7 Å². The highest BCUT2D eigenvalue weighted by molar-refractivity contribution is 5.93. The molecule has 3 rings (SSSR count). The molecule has 1 aliphatic carbocycles. The number of amides is 1. The van der Waals surface area contributed by atoms with E-state index >= 15 is 0 Å².